The Morgan fingerprint density at radius 2 is 2.00 bits per heavy atom. The molecule has 0 bridgehead atoms. The van der Waals surface area contributed by atoms with Gasteiger partial charge in [0.2, 0.25) is 0 Å². The fraction of sp³-hybridized carbons (Fsp3) is 0.348. The number of hydrogen-bond donors (Lipinski definition) is 3. The van der Waals surface area contributed by atoms with Crippen molar-refractivity contribution in [1.29, 1.82) is 0 Å². The van der Waals surface area contributed by atoms with Crippen molar-refractivity contribution in [1.82, 2.24) is 25.0 Å². The number of rotatable bonds is 8. The van der Waals surface area contributed by atoms with Crippen molar-refractivity contribution in [2.24, 2.45) is 0 Å². The maximum Gasteiger partial charge on any atom is 0.193 e. The number of aromatic hydroxyl groups is 1. The van der Waals surface area contributed by atoms with Gasteiger partial charge in [0.1, 0.15) is 11.5 Å². The van der Waals surface area contributed by atoms with Gasteiger partial charge in [-0.1, -0.05) is 20.3 Å². The van der Waals surface area contributed by atoms with Gasteiger partial charge < -0.3 is 14.7 Å². The van der Waals surface area contributed by atoms with Crippen molar-refractivity contribution in [2.45, 2.75) is 38.3 Å². The molecule has 0 fully saturated rings. The van der Waals surface area contributed by atoms with Crippen LogP contribution in [0.4, 0.5) is 5.69 Å². The lowest BCUT2D eigenvalue weighted by Crippen LogP contribution is -2.19. The number of unbranched alkanes of at least 4 members (excludes halogenated alkanes) is 1. The quantitative estimate of drug-likeness (QED) is 0.338. The van der Waals surface area contributed by atoms with Crippen LogP contribution in [0, 0.1) is 0 Å². The van der Waals surface area contributed by atoms with Crippen LogP contribution >= 0.6 is 12.6 Å². The first-order valence-corrected chi connectivity index (χ1v) is 11.2. The molecule has 2 aromatic heterocycles. The zero-order valence-corrected chi connectivity index (χ0v) is 19.6. The number of methoxy groups -OCH3 is 1. The third-order valence-corrected chi connectivity index (χ3v) is 5.95. The lowest BCUT2D eigenvalue weighted by Gasteiger charge is -2.23. The summed E-state index contributed by atoms with van der Waals surface area (Å²) < 4.78 is 7.42. The predicted octanol–water partition coefficient (Wildman–Crippen LogP) is 4.61. The van der Waals surface area contributed by atoms with Gasteiger partial charge in [-0.25, -0.2) is 0 Å². The molecule has 32 heavy (non-hydrogen) atoms. The Hall–Kier alpha value is -3.20. The van der Waals surface area contributed by atoms with E-state index in [1.165, 1.54) is 0 Å². The van der Waals surface area contributed by atoms with E-state index in [0.717, 1.165) is 59.5 Å². The van der Waals surface area contributed by atoms with Crippen LogP contribution < -0.4 is 9.64 Å². The SMILES string of the molecule is CCCCN(C)c1cc(-n2c(S)nnc2-c2cc3c(CC)n[nH]c3cc2O)ccc1OC. The Morgan fingerprint density at radius 3 is 2.72 bits per heavy atom. The molecule has 4 aromatic rings. The van der Waals surface area contributed by atoms with Crippen LogP contribution in [-0.2, 0) is 6.42 Å². The second kappa shape index (κ2) is 9.12. The van der Waals surface area contributed by atoms with E-state index in [9.17, 15) is 5.11 Å². The summed E-state index contributed by atoms with van der Waals surface area (Å²) in [7, 11) is 3.72. The number of fused-ring (bicyclic) bond motifs is 1. The van der Waals surface area contributed by atoms with E-state index in [1.807, 2.05) is 35.8 Å². The van der Waals surface area contributed by atoms with Crippen LogP contribution in [0.3, 0.4) is 0 Å². The third-order valence-electron chi connectivity index (χ3n) is 5.66. The molecule has 0 saturated heterocycles. The molecule has 0 atom stereocenters. The Balaban J connectivity index is 1.85. The number of H-pyrrole nitrogens is 1. The van der Waals surface area contributed by atoms with Crippen LogP contribution in [0.2, 0.25) is 0 Å². The maximum atomic E-state index is 10.8. The summed E-state index contributed by atoms with van der Waals surface area (Å²) in [4.78, 5) is 2.18. The average molecular weight is 453 g/mol. The normalized spacial score (nSPS) is 11.3. The highest BCUT2D eigenvalue weighted by Crippen LogP contribution is 2.37. The first-order valence-electron chi connectivity index (χ1n) is 10.7. The Bertz CT molecular complexity index is 1250. The Kier molecular flexibility index (Phi) is 6.27. The standard InChI is InChI=1S/C23H28N6O2S/c1-5-7-10-28(3)19-11-14(8-9-21(19)31-4)29-22(26-27-23(29)32)16-12-15-17(6-2)24-25-18(15)13-20(16)30/h8-9,11-13,30H,5-7,10H2,1-4H3,(H,24,25)(H,27,32). The van der Waals surface area contributed by atoms with E-state index in [1.54, 1.807) is 13.2 Å². The highest BCUT2D eigenvalue weighted by Gasteiger charge is 2.20. The number of phenolic OH excluding ortho intramolecular Hbond substituents is 1. The number of nitrogens with zero attached hydrogens (tertiary/aromatic N) is 5. The van der Waals surface area contributed by atoms with Crippen molar-refractivity contribution < 1.29 is 9.84 Å². The minimum Gasteiger partial charge on any atom is -0.507 e. The van der Waals surface area contributed by atoms with Crippen molar-refractivity contribution in [3.63, 3.8) is 0 Å². The first-order chi connectivity index (χ1) is 15.5. The maximum absolute atomic E-state index is 10.8. The van der Waals surface area contributed by atoms with E-state index in [0.29, 0.717) is 16.5 Å². The molecule has 0 unspecified atom stereocenters. The molecule has 2 heterocycles. The molecular formula is C23H28N6O2S. The molecule has 2 aromatic carbocycles. The van der Waals surface area contributed by atoms with Gasteiger partial charge in [0.15, 0.2) is 11.0 Å². The fourth-order valence-electron chi connectivity index (χ4n) is 3.88. The van der Waals surface area contributed by atoms with Crippen molar-refractivity contribution in [2.75, 3.05) is 25.6 Å². The smallest absolute Gasteiger partial charge is 0.193 e. The Labute approximate surface area is 192 Å². The summed E-state index contributed by atoms with van der Waals surface area (Å²) in [5.41, 5.74) is 4.08. The number of phenols is 1. The summed E-state index contributed by atoms with van der Waals surface area (Å²) in [6.07, 6.45) is 2.97. The highest BCUT2D eigenvalue weighted by molar-refractivity contribution is 7.80. The molecule has 4 rings (SSSR count). The Morgan fingerprint density at radius 1 is 1.19 bits per heavy atom. The lowest BCUT2D eigenvalue weighted by molar-refractivity contribution is 0.414. The second-order valence-corrected chi connectivity index (χ2v) is 8.13. The summed E-state index contributed by atoms with van der Waals surface area (Å²) >= 11 is 4.55. The van der Waals surface area contributed by atoms with Gasteiger partial charge in [0.05, 0.1) is 35.3 Å². The van der Waals surface area contributed by atoms with E-state index >= 15 is 0 Å². The zero-order valence-electron chi connectivity index (χ0n) is 18.8. The van der Waals surface area contributed by atoms with Gasteiger partial charge in [-0.15, -0.1) is 22.8 Å². The van der Waals surface area contributed by atoms with Crippen molar-refractivity contribution >= 4 is 29.2 Å². The number of benzene rings is 2. The molecule has 0 saturated carbocycles. The fourth-order valence-corrected chi connectivity index (χ4v) is 4.13. The molecule has 0 aliphatic carbocycles. The minimum absolute atomic E-state index is 0.0968. The molecule has 9 heteroatoms. The second-order valence-electron chi connectivity index (χ2n) is 7.73. The van der Waals surface area contributed by atoms with Gasteiger partial charge in [-0.2, -0.15) is 5.10 Å². The van der Waals surface area contributed by atoms with Crippen LogP contribution in [0.1, 0.15) is 32.4 Å². The molecule has 0 spiro atoms. The highest BCUT2D eigenvalue weighted by atomic mass is 32.1. The largest absolute Gasteiger partial charge is 0.507 e. The first kappa shape index (κ1) is 22.0. The molecular weight excluding hydrogens is 424 g/mol. The van der Waals surface area contributed by atoms with E-state index in [2.05, 4.69) is 51.9 Å². The van der Waals surface area contributed by atoms with Gasteiger partial charge >= 0.3 is 0 Å². The molecule has 0 aliphatic heterocycles. The molecule has 168 valence electrons. The molecule has 8 nitrogen and oxygen atoms in total. The average Bonchev–Trinajstić information content (AvgIpc) is 3.38. The van der Waals surface area contributed by atoms with Crippen LogP contribution in [-0.4, -0.2) is 50.8 Å². The summed E-state index contributed by atoms with van der Waals surface area (Å²) in [6.45, 7) is 5.13. The summed E-state index contributed by atoms with van der Waals surface area (Å²) in [6, 6.07) is 9.47. The number of hydrogen-bond acceptors (Lipinski definition) is 7. The molecule has 0 radical (unpaired) electrons. The third kappa shape index (κ3) is 3.88. The number of ether oxygens (including phenoxy) is 1. The summed E-state index contributed by atoms with van der Waals surface area (Å²) in [5, 5.41) is 28.0. The van der Waals surface area contributed by atoms with E-state index in [-0.39, 0.29) is 5.75 Å². The van der Waals surface area contributed by atoms with Gasteiger partial charge in [-0.3, -0.25) is 9.67 Å². The van der Waals surface area contributed by atoms with Gasteiger partial charge in [0, 0.05) is 25.0 Å². The van der Waals surface area contributed by atoms with Gasteiger partial charge in [0.25, 0.3) is 0 Å². The topological polar surface area (TPSA) is 92.1 Å². The number of aryl methyl sites for hydroxylation is 1. The lowest BCUT2D eigenvalue weighted by atomic mass is 10.1. The molecule has 0 aliphatic rings. The van der Waals surface area contributed by atoms with Crippen LogP contribution in [0.5, 0.6) is 11.5 Å². The number of nitrogens with one attached hydrogen (secondary N) is 1. The van der Waals surface area contributed by atoms with Crippen LogP contribution in [0.15, 0.2) is 35.5 Å². The number of thiol groups is 1. The number of aromatic amines is 1. The van der Waals surface area contributed by atoms with E-state index in [4.69, 9.17) is 4.74 Å². The molecule has 2 N–H and O–H groups in total. The van der Waals surface area contributed by atoms with Gasteiger partial charge in [-0.05, 0) is 37.1 Å². The van der Waals surface area contributed by atoms with Crippen molar-refractivity contribution in [3.05, 3.63) is 36.0 Å². The zero-order chi connectivity index (χ0) is 22.8. The minimum atomic E-state index is 0.0968. The number of aromatic nitrogens is 5. The summed E-state index contributed by atoms with van der Waals surface area (Å²) in [5.74, 6) is 1.39. The van der Waals surface area contributed by atoms with Crippen molar-refractivity contribution in [3.8, 4) is 28.6 Å². The predicted molar refractivity (Wildman–Crippen MR) is 129 cm³/mol. The molecule has 0 amide bonds. The monoisotopic (exact) mass is 452 g/mol. The number of anilines is 1. The van der Waals surface area contributed by atoms with Crippen LogP contribution in [0.25, 0.3) is 28.0 Å². The van der Waals surface area contributed by atoms with E-state index < -0.39 is 0 Å².